The Morgan fingerprint density at radius 2 is 1.64 bits per heavy atom. The summed E-state index contributed by atoms with van der Waals surface area (Å²) in [6.45, 7) is 10.8. The third kappa shape index (κ3) is 2.10. The van der Waals surface area contributed by atoms with E-state index in [-0.39, 0.29) is 5.41 Å². The van der Waals surface area contributed by atoms with E-state index >= 15 is 0 Å². The van der Waals surface area contributed by atoms with E-state index < -0.39 is 11.4 Å². The molecular formula is C11H22O3. The van der Waals surface area contributed by atoms with E-state index in [1.54, 1.807) is 0 Å². The maximum atomic E-state index is 9.93. The summed E-state index contributed by atoms with van der Waals surface area (Å²) in [6, 6.07) is 0. The Kier molecular flexibility index (Phi) is 2.96. The zero-order chi connectivity index (χ0) is 11.0. The van der Waals surface area contributed by atoms with Crippen LogP contribution in [0.5, 0.6) is 0 Å². The molecule has 0 atom stereocenters. The second-order valence-corrected chi connectivity index (χ2v) is 5.35. The van der Waals surface area contributed by atoms with Gasteiger partial charge in [-0.1, -0.05) is 27.7 Å². The van der Waals surface area contributed by atoms with Crippen LogP contribution in [-0.4, -0.2) is 29.7 Å². The molecule has 0 saturated carbocycles. The van der Waals surface area contributed by atoms with Gasteiger partial charge in [0.25, 0.3) is 0 Å². The lowest BCUT2D eigenvalue weighted by atomic mass is 9.85. The van der Waals surface area contributed by atoms with Crippen molar-refractivity contribution in [3.63, 3.8) is 0 Å². The molecule has 0 aromatic rings. The molecule has 0 unspecified atom stereocenters. The van der Waals surface area contributed by atoms with Crippen molar-refractivity contribution in [3.05, 3.63) is 0 Å². The van der Waals surface area contributed by atoms with Crippen molar-refractivity contribution in [2.24, 2.45) is 5.41 Å². The van der Waals surface area contributed by atoms with Crippen molar-refractivity contribution < 1.29 is 14.6 Å². The van der Waals surface area contributed by atoms with Gasteiger partial charge in [-0.3, -0.25) is 0 Å². The van der Waals surface area contributed by atoms with Crippen LogP contribution in [0.25, 0.3) is 0 Å². The Morgan fingerprint density at radius 3 is 1.93 bits per heavy atom. The van der Waals surface area contributed by atoms with Crippen LogP contribution in [0.15, 0.2) is 0 Å². The van der Waals surface area contributed by atoms with Gasteiger partial charge in [-0.05, 0) is 13.3 Å². The standard InChI is InChI=1S/C11H22O3/c1-6-11(12)7-13-10(5,14-8-11)9(2,3)4/h12H,6-8H2,1-5H3. The van der Waals surface area contributed by atoms with Crippen molar-refractivity contribution in [1.29, 1.82) is 0 Å². The lowest BCUT2D eigenvalue weighted by Gasteiger charge is -2.48. The fraction of sp³-hybridized carbons (Fsp3) is 1.00. The zero-order valence-corrected chi connectivity index (χ0v) is 9.89. The third-order valence-corrected chi connectivity index (χ3v) is 3.25. The summed E-state index contributed by atoms with van der Waals surface area (Å²) in [5.41, 5.74) is -0.882. The summed E-state index contributed by atoms with van der Waals surface area (Å²) >= 11 is 0. The molecule has 1 N–H and O–H groups in total. The molecule has 1 aliphatic heterocycles. The predicted octanol–water partition coefficient (Wildman–Crippen LogP) is 1.94. The minimum absolute atomic E-state index is 0.0813. The summed E-state index contributed by atoms with van der Waals surface area (Å²) in [4.78, 5) is 0. The van der Waals surface area contributed by atoms with Gasteiger partial charge in [-0.2, -0.15) is 0 Å². The molecule has 14 heavy (non-hydrogen) atoms. The molecule has 84 valence electrons. The van der Waals surface area contributed by atoms with Gasteiger partial charge < -0.3 is 14.6 Å². The molecule has 0 amide bonds. The van der Waals surface area contributed by atoms with E-state index in [0.29, 0.717) is 19.6 Å². The van der Waals surface area contributed by atoms with Gasteiger partial charge in [-0.15, -0.1) is 0 Å². The highest BCUT2D eigenvalue weighted by molar-refractivity contribution is 4.88. The number of aliphatic hydroxyl groups is 1. The third-order valence-electron chi connectivity index (χ3n) is 3.25. The van der Waals surface area contributed by atoms with Crippen molar-refractivity contribution >= 4 is 0 Å². The van der Waals surface area contributed by atoms with Crippen LogP contribution in [0.2, 0.25) is 0 Å². The highest BCUT2D eigenvalue weighted by atomic mass is 16.7. The zero-order valence-electron chi connectivity index (χ0n) is 9.89. The largest absolute Gasteiger partial charge is 0.385 e. The van der Waals surface area contributed by atoms with Crippen LogP contribution >= 0.6 is 0 Å². The number of rotatable bonds is 1. The average molecular weight is 202 g/mol. The first-order valence-corrected chi connectivity index (χ1v) is 5.23. The van der Waals surface area contributed by atoms with Gasteiger partial charge in [0, 0.05) is 5.41 Å². The van der Waals surface area contributed by atoms with Gasteiger partial charge in [-0.25, -0.2) is 0 Å². The second-order valence-electron chi connectivity index (χ2n) is 5.35. The molecule has 0 radical (unpaired) electrons. The molecule has 3 heteroatoms. The molecule has 0 bridgehead atoms. The Morgan fingerprint density at radius 1 is 1.21 bits per heavy atom. The predicted molar refractivity (Wildman–Crippen MR) is 55.0 cm³/mol. The molecule has 3 nitrogen and oxygen atoms in total. The minimum atomic E-state index is -0.801. The molecular weight excluding hydrogens is 180 g/mol. The van der Waals surface area contributed by atoms with Gasteiger partial charge >= 0.3 is 0 Å². The van der Waals surface area contributed by atoms with E-state index in [9.17, 15) is 5.11 Å². The molecule has 0 aromatic heterocycles. The molecule has 1 fully saturated rings. The fourth-order valence-corrected chi connectivity index (χ4v) is 1.26. The summed E-state index contributed by atoms with van der Waals surface area (Å²) in [7, 11) is 0. The van der Waals surface area contributed by atoms with Crippen molar-refractivity contribution in [2.45, 2.75) is 52.4 Å². The van der Waals surface area contributed by atoms with Crippen LogP contribution in [-0.2, 0) is 9.47 Å². The Bertz CT molecular complexity index is 197. The smallest absolute Gasteiger partial charge is 0.170 e. The lowest BCUT2D eigenvalue weighted by molar-refractivity contribution is -0.345. The van der Waals surface area contributed by atoms with Crippen LogP contribution < -0.4 is 0 Å². The van der Waals surface area contributed by atoms with Crippen LogP contribution in [0.1, 0.15) is 41.0 Å². The van der Waals surface area contributed by atoms with Gasteiger partial charge in [0.15, 0.2) is 5.79 Å². The van der Waals surface area contributed by atoms with Crippen molar-refractivity contribution in [2.75, 3.05) is 13.2 Å². The first-order chi connectivity index (χ1) is 6.22. The summed E-state index contributed by atoms with van der Waals surface area (Å²) < 4.78 is 11.3. The molecule has 1 aliphatic rings. The maximum absolute atomic E-state index is 9.93. The van der Waals surface area contributed by atoms with E-state index in [4.69, 9.17) is 9.47 Å². The van der Waals surface area contributed by atoms with E-state index in [2.05, 4.69) is 20.8 Å². The molecule has 1 saturated heterocycles. The maximum Gasteiger partial charge on any atom is 0.170 e. The molecule has 0 aliphatic carbocycles. The minimum Gasteiger partial charge on any atom is -0.385 e. The summed E-state index contributed by atoms with van der Waals surface area (Å²) in [5, 5.41) is 9.93. The highest BCUT2D eigenvalue weighted by Gasteiger charge is 2.46. The highest BCUT2D eigenvalue weighted by Crippen LogP contribution is 2.39. The lowest BCUT2D eigenvalue weighted by Crippen LogP contribution is -2.57. The van der Waals surface area contributed by atoms with Gasteiger partial charge in [0.1, 0.15) is 5.60 Å². The fourth-order valence-electron chi connectivity index (χ4n) is 1.26. The van der Waals surface area contributed by atoms with Crippen molar-refractivity contribution in [3.8, 4) is 0 Å². The average Bonchev–Trinajstić information content (AvgIpc) is 2.09. The Balaban J connectivity index is 2.67. The monoisotopic (exact) mass is 202 g/mol. The normalized spacial score (nSPS) is 39.9. The van der Waals surface area contributed by atoms with E-state index in [1.165, 1.54) is 0 Å². The molecule has 0 spiro atoms. The quantitative estimate of drug-likeness (QED) is 0.706. The Hall–Kier alpha value is -0.120. The van der Waals surface area contributed by atoms with Crippen LogP contribution in [0.3, 0.4) is 0 Å². The molecule has 1 heterocycles. The second kappa shape index (κ2) is 3.47. The number of hydrogen-bond acceptors (Lipinski definition) is 3. The molecule has 1 rings (SSSR count). The van der Waals surface area contributed by atoms with Gasteiger partial charge in [0.2, 0.25) is 0 Å². The first-order valence-electron chi connectivity index (χ1n) is 5.23. The van der Waals surface area contributed by atoms with Crippen LogP contribution in [0.4, 0.5) is 0 Å². The summed E-state index contributed by atoms with van der Waals surface area (Å²) in [5.74, 6) is -0.589. The number of hydrogen-bond donors (Lipinski definition) is 1. The first kappa shape index (κ1) is 12.0. The molecule has 0 aromatic carbocycles. The van der Waals surface area contributed by atoms with Crippen LogP contribution in [0, 0.1) is 5.41 Å². The Labute approximate surface area is 86.4 Å². The van der Waals surface area contributed by atoms with Crippen molar-refractivity contribution in [1.82, 2.24) is 0 Å². The SMILES string of the molecule is CCC1(O)COC(C)(C(C)(C)C)OC1. The van der Waals surface area contributed by atoms with E-state index in [0.717, 1.165) is 0 Å². The topological polar surface area (TPSA) is 38.7 Å². The van der Waals surface area contributed by atoms with Gasteiger partial charge in [0.05, 0.1) is 13.2 Å². The van der Waals surface area contributed by atoms with E-state index in [1.807, 2.05) is 13.8 Å². The summed E-state index contributed by atoms with van der Waals surface area (Å²) in [6.07, 6.45) is 0.660. The number of ether oxygens (including phenoxy) is 2.